The van der Waals surface area contributed by atoms with Gasteiger partial charge in [-0.2, -0.15) is 0 Å². The van der Waals surface area contributed by atoms with Crippen molar-refractivity contribution in [2.45, 2.75) is 113 Å². The standard InChI is InChI=1S/C18H32O13/c1-4-8(20)11(23)15(16(26)27-4)31-18-13(25)14(9(21)6(3)29-18)30-17-12(24)10(22)7(19)5(2)28-17/h4-26H,1-3H3/t4-,5+,6+,7+,8-,9+,10-,11+,12-,13-,14-,15+,16+,17-,18-/m1/s1. The first-order chi connectivity index (χ1) is 14.4. The molecule has 0 radical (unpaired) electrons. The van der Waals surface area contributed by atoms with E-state index in [-0.39, 0.29) is 0 Å². The summed E-state index contributed by atoms with van der Waals surface area (Å²) in [5.41, 5.74) is 0. The summed E-state index contributed by atoms with van der Waals surface area (Å²) in [5.74, 6) is 0. The van der Waals surface area contributed by atoms with Gasteiger partial charge in [-0.3, -0.25) is 0 Å². The van der Waals surface area contributed by atoms with Gasteiger partial charge in [-0.15, -0.1) is 0 Å². The van der Waals surface area contributed by atoms with Crippen molar-refractivity contribution in [1.29, 1.82) is 0 Å². The predicted molar refractivity (Wildman–Crippen MR) is 97.0 cm³/mol. The van der Waals surface area contributed by atoms with Crippen LogP contribution in [0.3, 0.4) is 0 Å². The van der Waals surface area contributed by atoms with Crippen molar-refractivity contribution in [3.05, 3.63) is 0 Å². The molecule has 0 aromatic carbocycles. The van der Waals surface area contributed by atoms with Gasteiger partial charge in [0.25, 0.3) is 0 Å². The van der Waals surface area contributed by atoms with Crippen LogP contribution in [0.15, 0.2) is 0 Å². The minimum atomic E-state index is -1.70. The number of hydrogen-bond donors (Lipinski definition) is 8. The Morgan fingerprint density at radius 1 is 0.452 bits per heavy atom. The van der Waals surface area contributed by atoms with Crippen LogP contribution in [0.2, 0.25) is 0 Å². The molecule has 3 heterocycles. The highest BCUT2D eigenvalue weighted by Crippen LogP contribution is 2.31. The molecular formula is C18H32O13. The lowest BCUT2D eigenvalue weighted by Crippen LogP contribution is -2.65. The minimum absolute atomic E-state index is 0.868. The highest BCUT2D eigenvalue weighted by atomic mass is 16.7. The van der Waals surface area contributed by atoms with Gasteiger partial charge >= 0.3 is 0 Å². The fourth-order valence-corrected chi connectivity index (χ4v) is 3.87. The molecule has 0 aromatic heterocycles. The van der Waals surface area contributed by atoms with Crippen LogP contribution in [-0.2, 0) is 23.7 Å². The quantitative estimate of drug-likeness (QED) is 0.201. The lowest BCUT2D eigenvalue weighted by molar-refractivity contribution is -0.377. The summed E-state index contributed by atoms with van der Waals surface area (Å²) in [5, 5.41) is 81.3. The average Bonchev–Trinajstić information content (AvgIpc) is 2.72. The van der Waals surface area contributed by atoms with Crippen LogP contribution in [0.25, 0.3) is 0 Å². The van der Waals surface area contributed by atoms with E-state index in [9.17, 15) is 40.9 Å². The molecule has 13 nitrogen and oxygen atoms in total. The Labute approximate surface area is 178 Å². The second-order valence-corrected chi connectivity index (χ2v) is 8.29. The summed E-state index contributed by atoms with van der Waals surface area (Å²) in [4.78, 5) is 0. The molecule has 0 aliphatic carbocycles. The normalized spacial score (nSPS) is 56.4. The lowest BCUT2D eigenvalue weighted by atomic mass is 9.97. The average molecular weight is 456 g/mol. The molecule has 0 unspecified atom stereocenters. The van der Waals surface area contributed by atoms with E-state index in [1.807, 2.05) is 0 Å². The predicted octanol–water partition coefficient (Wildman–Crippen LogP) is -4.49. The number of ether oxygens (including phenoxy) is 5. The number of aliphatic hydroxyl groups excluding tert-OH is 8. The van der Waals surface area contributed by atoms with Crippen LogP contribution in [0, 0.1) is 0 Å². The Kier molecular flexibility index (Phi) is 7.91. The zero-order valence-electron chi connectivity index (χ0n) is 17.3. The molecular weight excluding hydrogens is 424 g/mol. The highest BCUT2D eigenvalue weighted by Gasteiger charge is 2.52. The summed E-state index contributed by atoms with van der Waals surface area (Å²) in [6, 6.07) is 0. The molecule has 15 atom stereocenters. The van der Waals surface area contributed by atoms with E-state index in [2.05, 4.69) is 0 Å². The minimum Gasteiger partial charge on any atom is -0.388 e. The molecule has 3 aliphatic rings. The third kappa shape index (κ3) is 4.89. The van der Waals surface area contributed by atoms with Gasteiger partial charge in [0, 0.05) is 0 Å². The summed E-state index contributed by atoms with van der Waals surface area (Å²) in [7, 11) is 0. The smallest absolute Gasteiger partial charge is 0.187 e. The van der Waals surface area contributed by atoms with Gasteiger partial charge in [-0.1, -0.05) is 0 Å². The lowest BCUT2D eigenvalue weighted by Gasteiger charge is -2.47. The summed E-state index contributed by atoms with van der Waals surface area (Å²) >= 11 is 0. The van der Waals surface area contributed by atoms with Gasteiger partial charge in [0.1, 0.15) is 54.9 Å². The van der Waals surface area contributed by atoms with E-state index in [4.69, 9.17) is 23.7 Å². The van der Waals surface area contributed by atoms with Gasteiger partial charge in [0.05, 0.1) is 18.3 Å². The number of rotatable bonds is 4. The van der Waals surface area contributed by atoms with E-state index in [1.165, 1.54) is 20.8 Å². The topological polar surface area (TPSA) is 208 Å². The van der Waals surface area contributed by atoms with Gasteiger partial charge < -0.3 is 64.5 Å². The first-order valence-corrected chi connectivity index (χ1v) is 10.2. The molecule has 8 N–H and O–H groups in total. The Bertz CT molecular complexity index is 595. The van der Waals surface area contributed by atoms with Crippen molar-refractivity contribution >= 4 is 0 Å². The fraction of sp³-hybridized carbons (Fsp3) is 1.00. The van der Waals surface area contributed by atoms with Crippen LogP contribution in [0.5, 0.6) is 0 Å². The number of hydrogen-bond acceptors (Lipinski definition) is 13. The second-order valence-electron chi connectivity index (χ2n) is 8.29. The molecule has 31 heavy (non-hydrogen) atoms. The van der Waals surface area contributed by atoms with Gasteiger partial charge in [-0.25, -0.2) is 0 Å². The molecule has 3 aliphatic heterocycles. The van der Waals surface area contributed by atoms with Crippen LogP contribution in [-0.4, -0.2) is 133 Å². The Balaban J connectivity index is 1.72. The molecule has 3 fully saturated rings. The monoisotopic (exact) mass is 456 g/mol. The van der Waals surface area contributed by atoms with Crippen molar-refractivity contribution in [2.75, 3.05) is 0 Å². The maximum atomic E-state index is 10.7. The van der Waals surface area contributed by atoms with E-state index in [0.717, 1.165) is 0 Å². The van der Waals surface area contributed by atoms with Crippen LogP contribution < -0.4 is 0 Å². The SMILES string of the molecule is C[C@@H]1O[C@H](O[C@@H]2[C@@H](O)[C@H](C)O[C@H](O[C@H]3[C@@H](O)[C@H](O)[C@@H](C)O[C@@H]3O)[C@@H]2O)[C@H](O)[C@H](O)[C@H]1O. The Morgan fingerprint density at radius 3 is 1.52 bits per heavy atom. The molecule has 182 valence electrons. The summed E-state index contributed by atoms with van der Waals surface area (Å²) < 4.78 is 26.9. The zero-order chi connectivity index (χ0) is 23.2. The van der Waals surface area contributed by atoms with E-state index in [1.54, 1.807) is 0 Å². The molecule has 0 saturated carbocycles. The maximum absolute atomic E-state index is 10.7. The first-order valence-electron chi connectivity index (χ1n) is 10.2. The van der Waals surface area contributed by atoms with Crippen molar-refractivity contribution < 1.29 is 64.5 Å². The maximum Gasteiger partial charge on any atom is 0.187 e. The van der Waals surface area contributed by atoms with Crippen molar-refractivity contribution in [3.63, 3.8) is 0 Å². The zero-order valence-corrected chi connectivity index (χ0v) is 17.3. The Hall–Kier alpha value is -0.520. The van der Waals surface area contributed by atoms with Gasteiger partial charge in [0.15, 0.2) is 18.9 Å². The van der Waals surface area contributed by atoms with E-state index >= 15 is 0 Å². The van der Waals surface area contributed by atoms with Crippen molar-refractivity contribution in [2.24, 2.45) is 0 Å². The first kappa shape index (κ1) is 25.1. The molecule has 13 heteroatoms. The van der Waals surface area contributed by atoms with Crippen molar-refractivity contribution in [3.8, 4) is 0 Å². The van der Waals surface area contributed by atoms with Crippen molar-refractivity contribution in [1.82, 2.24) is 0 Å². The molecule has 0 spiro atoms. The molecule has 3 rings (SSSR count). The Morgan fingerprint density at radius 2 is 0.903 bits per heavy atom. The summed E-state index contributed by atoms with van der Waals surface area (Å²) in [6.45, 7) is 4.34. The van der Waals surface area contributed by atoms with E-state index in [0.29, 0.717) is 0 Å². The van der Waals surface area contributed by atoms with Gasteiger partial charge in [-0.05, 0) is 20.8 Å². The highest BCUT2D eigenvalue weighted by molar-refractivity contribution is 4.94. The van der Waals surface area contributed by atoms with Crippen LogP contribution >= 0.6 is 0 Å². The number of aliphatic hydroxyl groups is 8. The largest absolute Gasteiger partial charge is 0.388 e. The summed E-state index contributed by atoms with van der Waals surface area (Å²) in [6.07, 6.45) is -21.0. The van der Waals surface area contributed by atoms with Crippen LogP contribution in [0.1, 0.15) is 20.8 Å². The van der Waals surface area contributed by atoms with Gasteiger partial charge in [0.2, 0.25) is 0 Å². The molecule has 3 saturated heterocycles. The van der Waals surface area contributed by atoms with Crippen LogP contribution in [0.4, 0.5) is 0 Å². The third-order valence-corrected chi connectivity index (χ3v) is 5.98. The fourth-order valence-electron chi connectivity index (χ4n) is 3.87. The molecule has 0 aromatic rings. The third-order valence-electron chi connectivity index (χ3n) is 5.98. The van der Waals surface area contributed by atoms with E-state index < -0.39 is 92.1 Å². The molecule has 0 bridgehead atoms. The second kappa shape index (κ2) is 9.77. The molecule has 0 amide bonds.